The summed E-state index contributed by atoms with van der Waals surface area (Å²) in [5.41, 5.74) is -1.66. The molecular formula is C10H13F3N2O3S. The molecule has 0 atom stereocenters. The Morgan fingerprint density at radius 3 is 2.58 bits per heavy atom. The molecule has 0 bridgehead atoms. The third-order valence-electron chi connectivity index (χ3n) is 2.24. The largest absolute Gasteiger partial charge is 0.435 e. The van der Waals surface area contributed by atoms with Crippen LogP contribution in [0, 0.1) is 6.92 Å². The number of aryl methyl sites for hydroxylation is 1. The average Bonchev–Trinajstić information content (AvgIpc) is 2.27. The maximum absolute atomic E-state index is 12.7. The lowest BCUT2D eigenvalue weighted by atomic mass is 10.2. The number of alkyl halides is 3. The molecule has 0 spiro atoms. The van der Waals surface area contributed by atoms with Crippen LogP contribution >= 0.6 is 0 Å². The van der Waals surface area contributed by atoms with Gasteiger partial charge in [-0.2, -0.15) is 13.2 Å². The van der Waals surface area contributed by atoms with Gasteiger partial charge in [0.2, 0.25) is 10.0 Å². The Kier molecular flexibility index (Phi) is 4.75. The first-order chi connectivity index (χ1) is 8.67. The number of nitrogens with zero attached hydrogens (tertiary/aromatic N) is 1. The van der Waals surface area contributed by atoms with Crippen molar-refractivity contribution < 1.29 is 26.3 Å². The summed E-state index contributed by atoms with van der Waals surface area (Å²) in [6.45, 7) is 1.25. The van der Waals surface area contributed by atoms with Crippen molar-refractivity contribution in [3.63, 3.8) is 0 Å². The van der Waals surface area contributed by atoms with E-state index in [1.165, 1.54) is 20.1 Å². The molecule has 1 heterocycles. The van der Waals surface area contributed by atoms with Gasteiger partial charge in [-0.1, -0.05) is 0 Å². The zero-order valence-corrected chi connectivity index (χ0v) is 11.1. The van der Waals surface area contributed by atoms with Crippen LogP contribution in [0.5, 0.6) is 0 Å². The van der Waals surface area contributed by atoms with E-state index in [1.807, 2.05) is 4.72 Å². The monoisotopic (exact) mass is 298 g/mol. The Bertz CT molecular complexity index is 543. The number of sulfonamides is 1. The molecule has 0 amide bonds. The van der Waals surface area contributed by atoms with Crippen molar-refractivity contribution in [2.75, 3.05) is 24.2 Å². The Hall–Kier alpha value is -1.35. The minimum atomic E-state index is -4.73. The molecule has 0 fully saturated rings. The highest BCUT2D eigenvalue weighted by Gasteiger charge is 2.37. The van der Waals surface area contributed by atoms with Crippen molar-refractivity contribution in [3.05, 3.63) is 23.5 Å². The Labute approximate surface area is 108 Å². The van der Waals surface area contributed by atoms with Gasteiger partial charge in [0.25, 0.3) is 0 Å². The summed E-state index contributed by atoms with van der Waals surface area (Å²) in [6.07, 6.45) is -3.75. The number of anilines is 1. The Morgan fingerprint density at radius 1 is 1.42 bits per heavy atom. The fraction of sp³-hybridized carbons (Fsp3) is 0.500. The van der Waals surface area contributed by atoms with Gasteiger partial charge in [-0.3, -0.25) is 4.72 Å². The van der Waals surface area contributed by atoms with Crippen molar-refractivity contribution in [3.8, 4) is 0 Å². The van der Waals surface area contributed by atoms with Gasteiger partial charge in [-0.05, 0) is 18.6 Å². The van der Waals surface area contributed by atoms with Crippen molar-refractivity contribution in [1.82, 2.24) is 4.98 Å². The summed E-state index contributed by atoms with van der Waals surface area (Å²) >= 11 is 0. The zero-order valence-electron chi connectivity index (χ0n) is 10.3. The van der Waals surface area contributed by atoms with E-state index in [2.05, 4.69) is 9.72 Å². The molecule has 0 aliphatic heterocycles. The Balaban J connectivity index is 3.14. The predicted octanol–water partition coefficient (Wildman–Crippen LogP) is 1.80. The van der Waals surface area contributed by atoms with Crippen molar-refractivity contribution >= 4 is 15.7 Å². The van der Waals surface area contributed by atoms with E-state index in [0.29, 0.717) is 0 Å². The van der Waals surface area contributed by atoms with Gasteiger partial charge in [-0.15, -0.1) is 0 Å². The van der Waals surface area contributed by atoms with Gasteiger partial charge in [0.1, 0.15) is 0 Å². The third-order valence-corrected chi connectivity index (χ3v) is 3.46. The maximum Gasteiger partial charge on any atom is 0.435 e. The quantitative estimate of drug-likeness (QED) is 0.900. The molecule has 1 aromatic heterocycles. The summed E-state index contributed by atoms with van der Waals surface area (Å²) in [6, 6.07) is 1.30. The summed E-state index contributed by atoms with van der Waals surface area (Å²) in [4.78, 5) is 3.19. The molecule has 108 valence electrons. The molecule has 5 nitrogen and oxygen atoms in total. The molecule has 0 saturated carbocycles. The van der Waals surface area contributed by atoms with Crippen LogP contribution < -0.4 is 4.72 Å². The molecule has 0 unspecified atom stereocenters. The fourth-order valence-corrected chi connectivity index (χ4v) is 2.36. The first kappa shape index (κ1) is 15.7. The smallest absolute Gasteiger partial charge is 0.384 e. The van der Waals surface area contributed by atoms with Crippen LogP contribution in [0.3, 0.4) is 0 Å². The lowest BCUT2D eigenvalue weighted by Crippen LogP contribution is -2.23. The second-order valence-corrected chi connectivity index (χ2v) is 5.60. The SMILES string of the molecule is COCCS(=O)(=O)Nc1c(C)ccnc1C(F)(F)F. The highest BCUT2D eigenvalue weighted by molar-refractivity contribution is 7.92. The molecule has 0 saturated heterocycles. The predicted molar refractivity (Wildman–Crippen MR) is 63.3 cm³/mol. The van der Waals surface area contributed by atoms with Gasteiger partial charge >= 0.3 is 6.18 Å². The molecule has 1 N–H and O–H groups in total. The second-order valence-electron chi connectivity index (χ2n) is 3.76. The molecule has 0 aliphatic carbocycles. The number of hydrogen-bond acceptors (Lipinski definition) is 4. The number of halogens is 3. The number of ether oxygens (including phenoxy) is 1. The number of methoxy groups -OCH3 is 1. The number of pyridine rings is 1. The van der Waals surface area contributed by atoms with Gasteiger partial charge in [-0.25, -0.2) is 13.4 Å². The van der Waals surface area contributed by atoms with E-state index in [1.54, 1.807) is 0 Å². The first-order valence-corrected chi connectivity index (χ1v) is 6.85. The highest BCUT2D eigenvalue weighted by atomic mass is 32.2. The van der Waals surface area contributed by atoms with Crippen LogP contribution in [0.2, 0.25) is 0 Å². The number of hydrogen-bond donors (Lipinski definition) is 1. The lowest BCUT2D eigenvalue weighted by Gasteiger charge is -2.15. The van der Waals surface area contributed by atoms with Crippen molar-refractivity contribution in [2.45, 2.75) is 13.1 Å². The summed E-state index contributed by atoms with van der Waals surface area (Å²) in [5.74, 6) is -0.435. The topological polar surface area (TPSA) is 68.3 Å². The molecule has 0 aliphatic rings. The molecule has 1 aromatic rings. The minimum Gasteiger partial charge on any atom is -0.384 e. The van der Waals surface area contributed by atoms with E-state index in [4.69, 9.17) is 0 Å². The maximum atomic E-state index is 12.7. The van der Waals surface area contributed by atoms with E-state index in [9.17, 15) is 21.6 Å². The molecule has 19 heavy (non-hydrogen) atoms. The van der Waals surface area contributed by atoms with Crippen LogP contribution in [0.15, 0.2) is 12.3 Å². The zero-order chi connectivity index (χ0) is 14.7. The number of rotatable bonds is 5. The fourth-order valence-electron chi connectivity index (χ4n) is 1.30. The van der Waals surface area contributed by atoms with E-state index < -0.39 is 33.3 Å². The average molecular weight is 298 g/mol. The van der Waals surface area contributed by atoms with Crippen LogP contribution in [0.4, 0.5) is 18.9 Å². The van der Waals surface area contributed by atoms with Gasteiger partial charge in [0.05, 0.1) is 18.0 Å². The van der Waals surface area contributed by atoms with Gasteiger partial charge in [0.15, 0.2) is 5.69 Å². The van der Waals surface area contributed by atoms with E-state index in [0.717, 1.165) is 6.20 Å². The van der Waals surface area contributed by atoms with Crippen molar-refractivity contribution in [2.24, 2.45) is 0 Å². The Morgan fingerprint density at radius 2 is 2.05 bits per heavy atom. The van der Waals surface area contributed by atoms with Crippen molar-refractivity contribution in [1.29, 1.82) is 0 Å². The van der Waals surface area contributed by atoms with E-state index >= 15 is 0 Å². The standard InChI is InChI=1S/C10H13F3N2O3S/c1-7-3-4-14-9(10(11,12)13)8(7)15-19(16,17)6-5-18-2/h3-4,15H,5-6H2,1-2H3. The summed E-state index contributed by atoms with van der Waals surface area (Å²) < 4.78 is 67.9. The molecule has 1 rings (SSSR count). The minimum absolute atomic E-state index is 0.115. The van der Waals surface area contributed by atoms with Gasteiger partial charge in [0, 0.05) is 13.3 Å². The lowest BCUT2D eigenvalue weighted by molar-refractivity contribution is -0.140. The molecule has 9 heteroatoms. The third kappa shape index (κ3) is 4.35. The van der Waals surface area contributed by atoms with E-state index in [-0.39, 0.29) is 12.2 Å². The van der Waals surface area contributed by atoms with Crippen LogP contribution in [0.1, 0.15) is 11.3 Å². The normalized spacial score (nSPS) is 12.5. The highest BCUT2D eigenvalue weighted by Crippen LogP contribution is 2.35. The van der Waals surface area contributed by atoms with Gasteiger partial charge < -0.3 is 4.74 Å². The van der Waals surface area contributed by atoms with Crippen LogP contribution in [-0.2, 0) is 20.9 Å². The summed E-state index contributed by atoms with van der Waals surface area (Å²) in [5, 5.41) is 0. The first-order valence-electron chi connectivity index (χ1n) is 5.19. The molecule has 0 radical (unpaired) electrons. The van der Waals surface area contributed by atoms with Crippen LogP contribution in [0.25, 0.3) is 0 Å². The second kappa shape index (κ2) is 5.74. The number of nitrogens with one attached hydrogen (secondary N) is 1. The molecular weight excluding hydrogens is 285 g/mol. The summed E-state index contributed by atoms with van der Waals surface area (Å²) in [7, 11) is -2.62. The number of aromatic nitrogens is 1. The van der Waals surface area contributed by atoms with Crippen LogP contribution in [-0.4, -0.2) is 32.9 Å². The molecule has 0 aromatic carbocycles.